The van der Waals surface area contributed by atoms with Crippen molar-refractivity contribution in [3.05, 3.63) is 71.3 Å². The molecule has 0 unspecified atom stereocenters. The Morgan fingerprint density at radius 1 is 1.00 bits per heavy atom. The average molecular weight is 421 g/mol. The second-order valence-electron chi connectivity index (χ2n) is 8.36. The zero-order valence-electron chi connectivity index (χ0n) is 17.8. The molecule has 6 heteroatoms. The van der Waals surface area contributed by atoms with Crippen LogP contribution < -0.4 is 0 Å². The van der Waals surface area contributed by atoms with Gasteiger partial charge in [-0.2, -0.15) is 0 Å². The summed E-state index contributed by atoms with van der Waals surface area (Å²) in [4.78, 5) is 39.9. The lowest BCUT2D eigenvalue weighted by molar-refractivity contribution is -0.160. The molecule has 0 radical (unpaired) electrons. The van der Waals surface area contributed by atoms with Crippen molar-refractivity contribution in [2.24, 2.45) is 5.92 Å². The normalized spacial score (nSPS) is 25.1. The number of hydrogen-bond acceptors (Lipinski definition) is 6. The predicted octanol–water partition coefficient (Wildman–Crippen LogP) is 3.64. The Kier molecular flexibility index (Phi) is 6.18. The standard InChI is InChI=1S/C25H27NO5/c1-16(27)20-11-7-6-10-18(20)15-30-25(29)23-21-13-12-19(26(21)2)14-22(23)31-24(28)17-8-4-3-5-9-17/h3-11,19,21-23H,12-15H2,1-2H3/t19-,21+,22-,23+/m0/s1. The number of rotatable bonds is 6. The van der Waals surface area contributed by atoms with Crippen LogP contribution in [0.25, 0.3) is 0 Å². The molecule has 0 aliphatic carbocycles. The molecule has 31 heavy (non-hydrogen) atoms. The second-order valence-corrected chi connectivity index (χ2v) is 8.36. The quantitative estimate of drug-likeness (QED) is 0.524. The van der Waals surface area contributed by atoms with E-state index < -0.39 is 18.0 Å². The van der Waals surface area contributed by atoms with E-state index in [1.165, 1.54) is 6.92 Å². The molecule has 2 aromatic rings. The maximum atomic E-state index is 13.2. The first-order valence-corrected chi connectivity index (χ1v) is 10.7. The van der Waals surface area contributed by atoms with Gasteiger partial charge in [-0.05, 0) is 38.9 Å². The molecule has 2 aromatic carbocycles. The smallest absolute Gasteiger partial charge is 0.338 e. The number of carbonyl (C=O) groups is 3. The summed E-state index contributed by atoms with van der Waals surface area (Å²) < 4.78 is 11.5. The van der Waals surface area contributed by atoms with E-state index in [4.69, 9.17) is 9.47 Å². The average Bonchev–Trinajstić information content (AvgIpc) is 3.01. The molecular weight excluding hydrogens is 394 g/mol. The Labute approximate surface area is 182 Å². The lowest BCUT2D eigenvalue weighted by Crippen LogP contribution is -2.53. The molecule has 6 nitrogen and oxygen atoms in total. The van der Waals surface area contributed by atoms with Gasteiger partial charge >= 0.3 is 11.9 Å². The van der Waals surface area contributed by atoms with Gasteiger partial charge in [0.1, 0.15) is 18.6 Å². The summed E-state index contributed by atoms with van der Waals surface area (Å²) in [7, 11) is 2.02. The van der Waals surface area contributed by atoms with Crippen LogP contribution in [-0.4, -0.2) is 47.9 Å². The van der Waals surface area contributed by atoms with Gasteiger partial charge in [0.05, 0.1) is 5.56 Å². The van der Waals surface area contributed by atoms with Gasteiger partial charge < -0.3 is 9.47 Å². The highest BCUT2D eigenvalue weighted by Gasteiger charge is 2.51. The molecule has 2 fully saturated rings. The van der Waals surface area contributed by atoms with Crippen molar-refractivity contribution in [1.82, 2.24) is 4.90 Å². The predicted molar refractivity (Wildman–Crippen MR) is 115 cm³/mol. The van der Waals surface area contributed by atoms with Gasteiger partial charge in [-0.3, -0.25) is 14.5 Å². The molecule has 0 N–H and O–H groups in total. The maximum Gasteiger partial charge on any atom is 0.338 e. The number of ether oxygens (including phenoxy) is 2. The van der Waals surface area contributed by atoms with Crippen LogP contribution in [0.3, 0.4) is 0 Å². The third-order valence-corrected chi connectivity index (χ3v) is 6.52. The third-order valence-electron chi connectivity index (χ3n) is 6.52. The van der Waals surface area contributed by atoms with Gasteiger partial charge in [0.25, 0.3) is 0 Å². The second kappa shape index (κ2) is 9.02. The van der Waals surface area contributed by atoms with Crippen LogP contribution in [0.5, 0.6) is 0 Å². The minimum atomic E-state index is -0.555. The Balaban J connectivity index is 1.51. The summed E-state index contributed by atoms with van der Waals surface area (Å²) in [6.07, 6.45) is 1.91. The van der Waals surface area contributed by atoms with E-state index in [0.29, 0.717) is 29.2 Å². The van der Waals surface area contributed by atoms with Crippen LogP contribution >= 0.6 is 0 Å². The zero-order chi connectivity index (χ0) is 22.0. The molecule has 2 aliphatic rings. The van der Waals surface area contributed by atoms with Crippen molar-refractivity contribution in [3.63, 3.8) is 0 Å². The summed E-state index contributed by atoms with van der Waals surface area (Å²) in [6, 6.07) is 16.2. The molecule has 2 aliphatic heterocycles. The highest BCUT2D eigenvalue weighted by molar-refractivity contribution is 5.95. The zero-order valence-corrected chi connectivity index (χ0v) is 17.8. The van der Waals surface area contributed by atoms with Crippen molar-refractivity contribution < 1.29 is 23.9 Å². The summed E-state index contributed by atoms with van der Waals surface area (Å²) in [5.41, 5.74) is 1.69. The van der Waals surface area contributed by atoms with Crippen LogP contribution in [0.15, 0.2) is 54.6 Å². The lowest BCUT2D eigenvalue weighted by Gasteiger charge is -2.41. The fraction of sp³-hybridized carbons (Fsp3) is 0.400. The minimum absolute atomic E-state index is 0.0182. The number of piperidine rings is 1. The van der Waals surface area contributed by atoms with Crippen molar-refractivity contribution in [1.29, 1.82) is 0 Å². The van der Waals surface area contributed by atoms with E-state index in [-0.39, 0.29) is 24.4 Å². The van der Waals surface area contributed by atoms with E-state index in [1.807, 2.05) is 19.2 Å². The Morgan fingerprint density at radius 2 is 1.71 bits per heavy atom. The number of hydrogen-bond donors (Lipinski definition) is 0. The lowest BCUT2D eigenvalue weighted by atomic mass is 9.87. The number of benzene rings is 2. The Morgan fingerprint density at radius 3 is 2.45 bits per heavy atom. The number of nitrogens with zero attached hydrogens (tertiary/aromatic N) is 1. The van der Waals surface area contributed by atoms with Crippen molar-refractivity contribution in [2.75, 3.05) is 7.05 Å². The van der Waals surface area contributed by atoms with Crippen LogP contribution in [0.1, 0.15) is 52.5 Å². The van der Waals surface area contributed by atoms with Gasteiger partial charge in [0.2, 0.25) is 0 Å². The Bertz CT molecular complexity index is 973. The molecule has 0 aromatic heterocycles. The number of fused-ring (bicyclic) bond motifs is 2. The molecule has 162 valence electrons. The van der Waals surface area contributed by atoms with Crippen LogP contribution in [0, 0.1) is 5.92 Å². The largest absolute Gasteiger partial charge is 0.460 e. The molecule has 2 bridgehead atoms. The molecule has 2 heterocycles. The van der Waals surface area contributed by atoms with Gasteiger partial charge in [0.15, 0.2) is 5.78 Å². The summed E-state index contributed by atoms with van der Waals surface area (Å²) in [5.74, 6) is -1.44. The van der Waals surface area contributed by atoms with Crippen LogP contribution in [-0.2, 0) is 20.9 Å². The van der Waals surface area contributed by atoms with Crippen LogP contribution in [0.2, 0.25) is 0 Å². The highest BCUT2D eigenvalue weighted by Crippen LogP contribution is 2.40. The van der Waals surface area contributed by atoms with E-state index in [9.17, 15) is 14.4 Å². The first-order chi connectivity index (χ1) is 15.0. The van der Waals surface area contributed by atoms with Gasteiger partial charge in [-0.25, -0.2) is 4.79 Å². The van der Waals surface area contributed by atoms with E-state index in [1.54, 1.807) is 42.5 Å². The number of Topliss-reactive ketones (excluding diaryl/α,β-unsaturated/α-hetero) is 1. The monoisotopic (exact) mass is 421 g/mol. The fourth-order valence-corrected chi connectivity index (χ4v) is 4.87. The Hall–Kier alpha value is -2.99. The maximum absolute atomic E-state index is 13.2. The molecule has 0 amide bonds. The van der Waals surface area contributed by atoms with Gasteiger partial charge in [-0.1, -0.05) is 42.5 Å². The van der Waals surface area contributed by atoms with Crippen LogP contribution in [0.4, 0.5) is 0 Å². The molecule has 0 spiro atoms. The van der Waals surface area contributed by atoms with E-state index in [2.05, 4.69) is 4.90 Å². The number of ketones is 1. The van der Waals surface area contributed by atoms with Crippen molar-refractivity contribution >= 4 is 17.7 Å². The molecule has 4 rings (SSSR count). The van der Waals surface area contributed by atoms with E-state index in [0.717, 1.165) is 12.8 Å². The summed E-state index contributed by atoms with van der Waals surface area (Å²) in [5, 5.41) is 0. The molecule has 4 atom stereocenters. The first kappa shape index (κ1) is 21.2. The summed E-state index contributed by atoms with van der Waals surface area (Å²) in [6.45, 7) is 1.51. The number of esters is 2. The van der Waals surface area contributed by atoms with E-state index >= 15 is 0 Å². The molecule has 0 saturated carbocycles. The molecule has 2 saturated heterocycles. The van der Waals surface area contributed by atoms with Crippen molar-refractivity contribution in [2.45, 2.75) is 51.0 Å². The van der Waals surface area contributed by atoms with Gasteiger partial charge in [-0.15, -0.1) is 0 Å². The third kappa shape index (κ3) is 4.39. The van der Waals surface area contributed by atoms with Gasteiger partial charge in [0, 0.05) is 29.6 Å². The topological polar surface area (TPSA) is 72.9 Å². The molecular formula is C25H27NO5. The fourth-order valence-electron chi connectivity index (χ4n) is 4.87. The first-order valence-electron chi connectivity index (χ1n) is 10.7. The summed E-state index contributed by atoms with van der Waals surface area (Å²) >= 11 is 0. The minimum Gasteiger partial charge on any atom is -0.460 e. The SMILES string of the molecule is CC(=O)c1ccccc1COC(=O)[C@H]1[C@@H](OC(=O)c2ccccc2)C[C@@H]2CC[C@H]1N2C. The highest BCUT2D eigenvalue weighted by atomic mass is 16.6. The number of carbonyl (C=O) groups excluding carboxylic acids is 3. The van der Waals surface area contributed by atoms with Crippen molar-refractivity contribution in [3.8, 4) is 0 Å².